The van der Waals surface area contributed by atoms with Crippen molar-refractivity contribution >= 4 is 22.9 Å². The van der Waals surface area contributed by atoms with Gasteiger partial charge >= 0.3 is 5.97 Å². The Morgan fingerprint density at radius 3 is 2.68 bits per heavy atom. The molecule has 7 nitrogen and oxygen atoms in total. The highest BCUT2D eigenvalue weighted by molar-refractivity contribution is 5.84. The number of benzene rings is 1. The molecule has 37 heavy (non-hydrogen) atoms. The smallest absolute Gasteiger partial charge is 0.309 e. The van der Waals surface area contributed by atoms with Gasteiger partial charge < -0.3 is 19.3 Å². The molecule has 6 rings (SSSR count). The summed E-state index contributed by atoms with van der Waals surface area (Å²) in [5, 5.41) is 10.9. The van der Waals surface area contributed by atoms with Crippen molar-refractivity contribution in [2.45, 2.75) is 78.0 Å². The fraction of sp³-hybridized carbons (Fsp3) is 0.500. The number of nitrogens with zero attached hydrogens (tertiary/aromatic N) is 3. The van der Waals surface area contributed by atoms with Gasteiger partial charge in [-0.1, -0.05) is 12.1 Å². The van der Waals surface area contributed by atoms with E-state index in [1.807, 2.05) is 43.1 Å². The molecule has 1 amide bonds. The van der Waals surface area contributed by atoms with Crippen LogP contribution in [0.2, 0.25) is 0 Å². The maximum atomic E-state index is 13.6. The standard InChI is InChI=1S/C30H35N3O4/c1-20(2)37-22-6-3-5-21(15-22)17-33-25-18-32(14-8-23(25)24-7-4-13-31-27(24)33)26(34)16-29-9-11-30(19-29,12-10-29)28(35)36/h3-7,13,15,20H,8-12,14,16-19H2,1-2H3,(H,35,36). The van der Waals surface area contributed by atoms with Crippen molar-refractivity contribution in [3.05, 3.63) is 59.4 Å². The summed E-state index contributed by atoms with van der Waals surface area (Å²) in [6.45, 7) is 5.96. The summed E-state index contributed by atoms with van der Waals surface area (Å²) < 4.78 is 8.18. The average molecular weight is 502 g/mol. The maximum Gasteiger partial charge on any atom is 0.309 e. The maximum absolute atomic E-state index is 13.6. The zero-order valence-corrected chi connectivity index (χ0v) is 21.7. The van der Waals surface area contributed by atoms with Crippen LogP contribution in [0.5, 0.6) is 5.75 Å². The van der Waals surface area contributed by atoms with E-state index in [-0.39, 0.29) is 17.4 Å². The number of aromatic nitrogens is 2. The quantitative estimate of drug-likeness (QED) is 0.482. The van der Waals surface area contributed by atoms with Gasteiger partial charge in [0.25, 0.3) is 0 Å². The van der Waals surface area contributed by atoms with Gasteiger partial charge in [0.05, 0.1) is 18.1 Å². The van der Waals surface area contributed by atoms with Crippen LogP contribution in [-0.4, -0.2) is 44.1 Å². The fourth-order valence-corrected chi connectivity index (χ4v) is 7.11. The lowest BCUT2D eigenvalue weighted by Gasteiger charge is -2.33. The predicted octanol–water partition coefficient (Wildman–Crippen LogP) is 5.18. The Morgan fingerprint density at radius 1 is 1.14 bits per heavy atom. The minimum atomic E-state index is -0.679. The largest absolute Gasteiger partial charge is 0.491 e. The van der Waals surface area contributed by atoms with E-state index in [1.165, 1.54) is 5.56 Å². The Balaban J connectivity index is 1.26. The van der Waals surface area contributed by atoms with E-state index < -0.39 is 11.4 Å². The molecule has 1 aromatic carbocycles. The molecule has 194 valence electrons. The van der Waals surface area contributed by atoms with Crippen LogP contribution in [0.1, 0.15) is 69.2 Å². The molecule has 7 heteroatoms. The number of aliphatic carboxylic acids is 1. The average Bonchev–Trinajstić information content (AvgIpc) is 3.53. The van der Waals surface area contributed by atoms with Crippen LogP contribution >= 0.6 is 0 Å². The van der Waals surface area contributed by atoms with Gasteiger partial charge in [0, 0.05) is 36.8 Å². The number of pyridine rings is 1. The lowest BCUT2D eigenvalue weighted by Crippen LogP contribution is -2.39. The zero-order valence-electron chi connectivity index (χ0n) is 21.7. The molecule has 3 aromatic rings. The number of carbonyl (C=O) groups excluding carboxylic acids is 1. The Kier molecular flexibility index (Phi) is 5.77. The van der Waals surface area contributed by atoms with Crippen molar-refractivity contribution in [3.8, 4) is 5.75 Å². The number of fused-ring (bicyclic) bond motifs is 5. The van der Waals surface area contributed by atoms with Crippen LogP contribution in [0.3, 0.4) is 0 Å². The van der Waals surface area contributed by atoms with Crippen LogP contribution in [0, 0.1) is 10.8 Å². The Morgan fingerprint density at radius 2 is 1.95 bits per heavy atom. The Labute approximate surface area is 217 Å². The van der Waals surface area contributed by atoms with E-state index in [9.17, 15) is 14.7 Å². The first-order valence-corrected chi connectivity index (χ1v) is 13.5. The molecule has 0 radical (unpaired) electrons. The third kappa shape index (κ3) is 4.18. The third-order valence-corrected chi connectivity index (χ3v) is 8.94. The van der Waals surface area contributed by atoms with Gasteiger partial charge in [0.1, 0.15) is 11.4 Å². The molecule has 2 aromatic heterocycles. The lowest BCUT2D eigenvalue weighted by molar-refractivity contribution is -0.148. The first-order valence-electron chi connectivity index (χ1n) is 13.5. The Hall–Kier alpha value is -3.35. The van der Waals surface area contributed by atoms with Gasteiger partial charge in [-0.2, -0.15) is 0 Å². The highest BCUT2D eigenvalue weighted by atomic mass is 16.5. The molecular formula is C30H35N3O4. The fourth-order valence-electron chi connectivity index (χ4n) is 7.11. The van der Waals surface area contributed by atoms with Crippen LogP contribution in [0.25, 0.3) is 11.0 Å². The van der Waals surface area contributed by atoms with Gasteiger partial charge in [-0.25, -0.2) is 4.98 Å². The van der Waals surface area contributed by atoms with E-state index in [4.69, 9.17) is 9.72 Å². The normalized spacial score (nSPS) is 24.6. The SMILES string of the molecule is CC(C)Oc1cccc(Cn2c3c(c4cccnc42)CCN(C(=O)CC24CCC(C(=O)O)(CC2)C4)C3)c1. The first kappa shape index (κ1) is 24.0. The van der Waals surface area contributed by atoms with Gasteiger partial charge in [0.2, 0.25) is 5.91 Å². The summed E-state index contributed by atoms with van der Waals surface area (Å²) in [4.78, 5) is 32.2. The summed E-state index contributed by atoms with van der Waals surface area (Å²) >= 11 is 0. The lowest BCUT2D eigenvalue weighted by atomic mass is 9.80. The first-order chi connectivity index (χ1) is 17.8. The molecule has 2 bridgehead atoms. The summed E-state index contributed by atoms with van der Waals surface area (Å²) in [5.74, 6) is 0.333. The molecule has 1 aliphatic heterocycles. The second-order valence-corrected chi connectivity index (χ2v) is 11.7. The van der Waals surface area contributed by atoms with Crippen LogP contribution in [0.15, 0.2) is 42.6 Å². The molecule has 0 spiro atoms. The number of hydrogen-bond acceptors (Lipinski definition) is 4. The van der Waals surface area contributed by atoms with Crippen LogP contribution in [-0.2, 0) is 29.1 Å². The summed E-state index contributed by atoms with van der Waals surface area (Å²) in [6.07, 6.45) is 6.98. The summed E-state index contributed by atoms with van der Waals surface area (Å²) in [6, 6.07) is 12.3. The van der Waals surface area contributed by atoms with Gasteiger partial charge in [0.15, 0.2) is 0 Å². The Bertz CT molecular complexity index is 1370. The number of carbonyl (C=O) groups is 2. The zero-order chi connectivity index (χ0) is 25.8. The van der Waals surface area contributed by atoms with E-state index in [1.54, 1.807) is 0 Å². The number of carboxylic acid groups (broad SMARTS) is 1. The van der Waals surface area contributed by atoms with Crippen molar-refractivity contribution in [3.63, 3.8) is 0 Å². The van der Waals surface area contributed by atoms with Crippen molar-refractivity contribution < 1.29 is 19.4 Å². The monoisotopic (exact) mass is 501 g/mol. The van der Waals surface area contributed by atoms with Crippen molar-refractivity contribution in [1.29, 1.82) is 0 Å². The van der Waals surface area contributed by atoms with Crippen LogP contribution < -0.4 is 4.74 Å². The van der Waals surface area contributed by atoms with E-state index in [2.05, 4.69) is 22.8 Å². The van der Waals surface area contributed by atoms with Crippen molar-refractivity contribution in [2.75, 3.05) is 6.54 Å². The minimum Gasteiger partial charge on any atom is -0.491 e. The summed E-state index contributed by atoms with van der Waals surface area (Å²) in [5.41, 5.74) is 3.79. The topological polar surface area (TPSA) is 84.7 Å². The predicted molar refractivity (Wildman–Crippen MR) is 140 cm³/mol. The van der Waals surface area contributed by atoms with Crippen LogP contribution in [0.4, 0.5) is 0 Å². The highest BCUT2D eigenvalue weighted by Crippen LogP contribution is 2.63. The summed E-state index contributed by atoms with van der Waals surface area (Å²) in [7, 11) is 0. The van der Waals surface area contributed by atoms with Gasteiger partial charge in [-0.15, -0.1) is 0 Å². The van der Waals surface area contributed by atoms with Crippen molar-refractivity contribution in [1.82, 2.24) is 14.5 Å². The van der Waals surface area contributed by atoms with Crippen molar-refractivity contribution in [2.24, 2.45) is 10.8 Å². The molecule has 3 heterocycles. The number of rotatable bonds is 7. The molecular weight excluding hydrogens is 466 g/mol. The molecule has 0 unspecified atom stereocenters. The molecule has 0 atom stereocenters. The third-order valence-electron chi connectivity index (χ3n) is 8.94. The number of carboxylic acids is 1. The van der Waals surface area contributed by atoms with Gasteiger partial charge in [-0.3, -0.25) is 9.59 Å². The molecule has 0 saturated heterocycles. The molecule has 3 aliphatic rings. The van der Waals surface area contributed by atoms with E-state index in [0.717, 1.165) is 47.3 Å². The second kappa shape index (κ2) is 8.89. The highest BCUT2D eigenvalue weighted by Gasteiger charge is 2.58. The molecule has 2 aliphatic carbocycles. The van der Waals surface area contributed by atoms with E-state index in [0.29, 0.717) is 45.3 Å². The molecule has 2 fully saturated rings. The number of hydrogen-bond donors (Lipinski definition) is 1. The minimum absolute atomic E-state index is 0.108. The molecule has 1 N–H and O–H groups in total. The molecule has 2 saturated carbocycles. The second-order valence-electron chi connectivity index (χ2n) is 11.7. The van der Waals surface area contributed by atoms with Gasteiger partial charge in [-0.05, 0) is 93.2 Å². The number of ether oxygens (including phenoxy) is 1. The number of amides is 1. The van der Waals surface area contributed by atoms with E-state index >= 15 is 0 Å².